The molecular formula is C22H20F3N5O4. The van der Waals surface area contributed by atoms with Crippen LogP contribution < -0.4 is 21.3 Å². The summed E-state index contributed by atoms with van der Waals surface area (Å²) in [6.07, 6.45) is -3.15. The van der Waals surface area contributed by atoms with Crippen molar-refractivity contribution in [3.63, 3.8) is 0 Å². The van der Waals surface area contributed by atoms with Crippen LogP contribution in [0.3, 0.4) is 0 Å². The Morgan fingerprint density at radius 2 is 1.62 bits per heavy atom. The lowest BCUT2D eigenvalue weighted by Gasteiger charge is -2.11. The molecule has 1 heterocycles. The largest absolute Gasteiger partial charge is 0.487 e. The van der Waals surface area contributed by atoms with Gasteiger partial charge in [0.2, 0.25) is 5.91 Å². The molecule has 0 spiro atoms. The van der Waals surface area contributed by atoms with Gasteiger partial charge in [0.1, 0.15) is 12.4 Å². The lowest BCUT2D eigenvalue weighted by Crippen LogP contribution is -2.41. The molecule has 3 aromatic rings. The van der Waals surface area contributed by atoms with Crippen LogP contribution in [-0.4, -0.2) is 27.5 Å². The SMILES string of the molecule is Cn1ncc(C(=O)NNC(=O)c2ccc(CC(N)=O)cc2)c1COc1ccc(C(F)(F)F)cc1. The molecule has 0 aliphatic rings. The van der Waals surface area contributed by atoms with Crippen LogP contribution in [0, 0.1) is 0 Å². The smallest absolute Gasteiger partial charge is 0.416 e. The highest BCUT2D eigenvalue weighted by atomic mass is 19.4. The quantitative estimate of drug-likeness (QED) is 0.451. The predicted octanol–water partition coefficient (Wildman–Crippen LogP) is 2.12. The Labute approximate surface area is 191 Å². The summed E-state index contributed by atoms with van der Waals surface area (Å²) < 4.78 is 44.9. The third-order valence-electron chi connectivity index (χ3n) is 4.75. The molecule has 0 aliphatic heterocycles. The molecule has 0 saturated carbocycles. The van der Waals surface area contributed by atoms with E-state index in [0.29, 0.717) is 11.3 Å². The number of alkyl halides is 3. The highest BCUT2D eigenvalue weighted by Gasteiger charge is 2.30. The van der Waals surface area contributed by atoms with E-state index in [9.17, 15) is 27.6 Å². The monoisotopic (exact) mass is 475 g/mol. The van der Waals surface area contributed by atoms with Crippen molar-refractivity contribution >= 4 is 17.7 Å². The van der Waals surface area contributed by atoms with E-state index in [1.807, 2.05) is 0 Å². The highest BCUT2D eigenvalue weighted by molar-refractivity contribution is 5.99. The van der Waals surface area contributed by atoms with Crippen LogP contribution in [0.2, 0.25) is 0 Å². The highest BCUT2D eigenvalue weighted by Crippen LogP contribution is 2.30. The number of carbonyl (C=O) groups excluding carboxylic acids is 3. The number of halogens is 3. The number of nitrogens with zero attached hydrogens (tertiary/aromatic N) is 2. The summed E-state index contributed by atoms with van der Waals surface area (Å²) in [7, 11) is 1.56. The Morgan fingerprint density at radius 3 is 2.21 bits per heavy atom. The number of hydrogen-bond acceptors (Lipinski definition) is 5. The van der Waals surface area contributed by atoms with Crippen LogP contribution in [-0.2, 0) is 31.0 Å². The molecule has 9 nitrogen and oxygen atoms in total. The number of nitrogens with one attached hydrogen (secondary N) is 2. The third kappa shape index (κ3) is 6.12. The van der Waals surface area contributed by atoms with Gasteiger partial charge in [-0.25, -0.2) is 0 Å². The van der Waals surface area contributed by atoms with Crippen molar-refractivity contribution in [1.29, 1.82) is 0 Å². The van der Waals surface area contributed by atoms with Gasteiger partial charge in [-0.15, -0.1) is 0 Å². The molecule has 2 aromatic carbocycles. The van der Waals surface area contributed by atoms with Gasteiger partial charge in [-0.3, -0.25) is 29.9 Å². The summed E-state index contributed by atoms with van der Waals surface area (Å²) >= 11 is 0. The van der Waals surface area contributed by atoms with Crippen molar-refractivity contribution in [3.8, 4) is 5.75 Å². The van der Waals surface area contributed by atoms with Crippen molar-refractivity contribution in [3.05, 3.63) is 82.7 Å². The predicted molar refractivity (Wildman–Crippen MR) is 113 cm³/mol. The third-order valence-corrected chi connectivity index (χ3v) is 4.75. The first-order chi connectivity index (χ1) is 16.0. The van der Waals surface area contributed by atoms with Gasteiger partial charge in [0, 0.05) is 12.6 Å². The minimum Gasteiger partial charge on any atom is -0.487 e. The molecule has 0 fully saturated rings. The van der Waals surface area contributed by atoms with E-state index in [0.717, 1.165) is 12.1 Å². The molecule has 12 heteroatoms. The Balaban J connectivity index is 1.60. The fraction of sp³-hybridized carbons (Fsp3) is 0.182. The van der Waals surface area contributed by atoms with Gasteiger partial charge in [0.05, 0.1) is 29.4 Å². The molecule has 0 radical (unpaired) electrons. The Hall–Kier alpha value is -4.35. The van der Waals surface area contributed by atoms with Crippen molar-refractivity contribution in [2.45, 2.75) is 19.2 Å². The summed E-state index contributed by atoms with van der Waals surface area (Å²) in [5.41, 5.74) is 10.2. The number of primary amides is 1. The zero-order valence-corrected chi connectivity index (χ0v) is 17.8. The Morgan fingerprint density at radius 1 is 1.00 bits per heavy atom. The van der Waals surface area contributed by atoms with E-state index >= 15 is 0 Å². The van der Waals surface area contributed by atoms with E-state index in [2.05, 4.69) is 16.0 Å². The molecule has 0 saturated heterocycles. The minimum absolute atomic E-state index is 0.0387. The first kappa shape index (κ1) is 24.3. The second-order valence-electron chi connectivity index (χ2n) is 7.19. The van der Waals surface area contributed by atoms with Crippen LogP contribution in [0.1, 0.15) is 37.5 Å². The number of benzene rings is 2. The van der Waals surface area contributed by atoms with E-state index in [1.54, 1.807) is 19.2 Å². The van der Waals surface area contributed by atoms with Crippen molar-refractivity contribution in [2.75, 3.05) is 0 Å². The van der Waals surface area contributed by atoms with Crippen LogP contribution in [0.4, 0.5) is 13.2 Å². The molecule has 34 heavy (non-hydrogen) atoms. The molecule has 4 N–H and O–H groups in total. The molecule has 0 bridgehead atoms. The van der Waals surface area contributed by atoms with Crippen LogP contribution in [0.5, 0.6) is 5.75 Å². The van der Waals surface area contributed by atoms with Crippen molar-refractivity contribution < 1.29 is 32.3 Å². The van der Waals surface area contributed by atoms with Gasteiger partial charge in [-0.05, 0) is 42.0 Å². The Kier molecular flexibility index (Phi) is 7.19. The summed E-state index contributed by atoms with van der Waals surface area (Å²) in [6.45, 7) is -0.153. The molecule has 0 aliphatic carbocycles. The van der Waals surface area contributed by atoms with E-state index < -0.39 is 29.5 Å². The number of ether oxygens (including phenoxy) is 1. The zero-order valence-electron chi connectivity index (χ0n) is 17.8. The van der Waals surface area contributed by atoms with Gasteiger partial charge in [-0.1, -0.05) is 12.1 Å². The maximum absolute atomic E-state index is 12.7. The molecule has 3 rings (SSSR count). The number of hydrazine groups is 1. The summed E-state index contributed by atoms with van der Waals surface area (Å²) in [6, 6.07) is 10.2. The second-order valence-corrected chi connectivity index (χ2v) is 7.19. The summed E-state index contributed by atoms with van der Waals surface area (Å²) in [5, 5.41) is 3.99. The summed E-state index contributed by atoms with van der Waals surface area (Å²) in [5.74, 6) is -1.59. The second kappa shape index (κ2) is 10.1. The molecule has 1 aromatic heterocycles. The van der Waals surface area contributed by atoms with Gasteiger partial charge >= 0.3 is 6.18 Å². The van der Waals surface area contributed by atoms with Gasteiger partial charge < -0.3 is 10.5 Å². The van der Waals surface area contributed by atoms with Crippen molar-refractivity contribution in [2.24, 2.45) is 12.8 Å². The van der Waals surface area contributed by atoms with E-state index in [1.165, 1.54) is 35.1 Å². The number of aromatic nitrogens is 2. The topological polar surface area (TPSA) is 128 Å². The number of amides is 3. The first-order valence-corrected chi connectivity index (χ1v) is 9.83. The van der Waals surface area contributed by atoms with Gasteiger partial charge in [0.25, 0.3) is 11.8 Å². The molecular weight excluding hydrogens is 455 g/mol. The van der Waals surface area contributed by atoms with Crippen LogP contribution in [0.25, 0.3) is 0 Å². The van der Waals surface area contributed by atoms with E-state index in [4.69, 9.17) is 10.5 Å². The maximum atomic E-state index is 12.7. The maximum Gasteiger partial charge on any atom is 0.416 e. The molecule has 3 amide bonds. The number of nitrogens with two attached hydrogens (primary N) is 1. The zero-order chi connectivity index (χ0) is 24.9. The number of rotatable bonds is 7. The lowest BCUT2D eigenvalue weighted by molar-refractivity contribution is -0.137. The lowest BCUT2D eigenvalue weighted by atomic mass is 10.1. The fourth-order valence-electron chi connectivity index (χ4n) is 2.94. The van der Waals surface area contributed by atoms with E-state index in [-0.39, 0.29) is 29.9 Å². The normalized spacial score (nSPS) is 11.1. The van der Waals surface area contributed by atoms with Crippen LogP contribution >= 0.6 is 0 Å². The van der Waals surface area contributed by atoms with Crippen LogP contribution in [0.15, 0.2) is 54.7 Å². The Bertz CT molecular complexity index is 1190. The summed E-state index contributed by atoms with van der Waals surface area (Å²) in [4.78, 5) is 35.8. The average molecular weight is 475 g/mol. The number of carbonyl (C=O) groups is 3. The van der Waals surface area contributed by atoms with Crippen molar-refractivity contribution in [1.82, 2.24) is 20.6 Å². The number of hydrogen-bond donors (Lipinski definition) is 3. The molecule has 178 valence electrons. The first-order valence-electron chi connectivity index (χ1n) is 9.83. The molecule has 0 unspecified atom stereocenters. The van der Waals surface area contributed by atoms with Gasteiger partial charge in [0.15, 0.2) is 0 Å². The van der Waals surface area contributed by atoms with Gasteiger partial charge in [-0.2, -0.15) is 18.3 Å². The number of aryl methyl sites for hydroxylation is 1. The molecule has 0 atom stereocenters. The minimum atomic E-state index is -4.46. The standard InChI is InChI=1S/C22H20F3N5O4/c1-30-18(12-34-16-8-6-15(7-9-16)22(23,24)25)17(11-27-30)21(33)29-28-20(32)14-4-2-13(3-5-14)10-19(26)31/h2-9,11H,10,12H2,1H3,(H2,26,31)(H,28,32)(H,29,33). The average Bonchev–Trinajstić information content (AvgIpc) is 3.16. The fourth-order valence-corrected chi connectivity index (χ4v) is 2.94.